The van der Waals surface area contributed by atoms with E-state index in [0.29, 0.717) is 0 Å². The van der Waals surface area contributed by atoms with Crippen LogP contribution in [0.25, 0.3) is 22.2 Å². The van der Waals surface area contributed by atoms with Crippen LogP contribution in [0.4, 0.5) is 0 Å². The predicted octanol–water partition coefficient (Wildman–Crippen LogP) is 4.43. The average Bonchev–Trinajstić information content (AvgIpc) is 2.85. The maximum atomic E-state index is 4.37. The molecule has 0 aliphatic carbocycles. The summed E-state index contributed by atoms with van der Waals surface area (Å²) in [7, 11) is 0. The lowest BCUT2D eigenvalue weighted by molar-refractivity contribution is 1.46. The first-order valence-electron chi connectivity index (χ1n) is 5.24. The zero-order chi connectivity index (χ0) is 11.8. The third-order valence-electron chi connectivity index (χ3n) is 2.83. The zero-order valence-electron chi connectivity index (χ0n) is 9.14. The van der Waals surface area contributed by atoms with Crippen LogP contribution in [-0.4, -0.2) is 8.75 Å². The second kappa shape index (κ2) is 4.20. The van der Waals surface area contributed by atoms with Gasteiger partial charge >= 0.3 is 0 Å². The number of hydrogen-bond acceptors (Lipinski definition) is 3. The predicted molar refractivity (Wildman–Crippen MR) is 75.3 cm³/mol. The lowest BCUT2D eigenvalue weighted by Gasteiger charge is -2.07. The standard InChI is InChI=1S/C13H9BrN2S/c1-8-10(9-5-3-2-4-6-9)7-11(14)13-12(8)15-17-16-13/h2-7H,1H3. The minimum Gasteiger partial charge on any atom is -0.173 e. The number of fused-ring (bicyclic) bond motifs is 1. The van der Waals surface area contributed by atoms with Gasteiger partial charge in [0, 0.05) is 4.47 Å². The summed E-state index contributed by atoms with van der Waals surface area (Å²) in [6, 6.07) is 12.5. The van der Waals surface area contributed by atoms with Crippen molar-refractivity contribution < 1.29 is 0 Å². The smallest absolute Gasteiger partial charge is 0.119 e. The fourth-order valence-electron chi connectivity index (χ4n) is 1.94. The molecular formula is C13H9BrN2S. The Bertz CT molecular complexity index is 676. The van der Waals surface area contributed by atoms with Gasteiger partial charge in [-0.2, -0.15) is 8.75 Å². The van der Waals surface area contributed by atoms with Crippen LogP contribution in [0.2, 0.25) is 0 Å². The van der Waals surface area contributed by atoms with E-state index < -0.39 is 0 Å². The molecular weight excluding hydrogens is 296 g/mol. The van der Waals surface area contributed by atoms with Crippen molar-refractivity contribution in [1.29, 1.82) is 0 Å². The fourth-order valence-corrected chi connectivity index (χ4v) is 3.17. The van der Waals surface area contributed by atoms with Gasteiger partial charge < -0.3 is 0 Å². The van der Waals surface area contributed by atoms with Gasteiger partial charge in [0.1, 0.15) is 11.0 Å². The Morgan fingerprint density at radius 1 is 1.06 bits per heavy atom. The van der Waals surface area contributed by atoms with E-state index in [1.165, 1.54) is 28.4 Å². The Kier molecular flexibility index (Phi) is 2.68. The van der Waals surface area contributed by atoms with Crippen molar-refractivity contribution in [3.05, 3.63) is 46.4 Å². The quantitative estimate of drug-likeness (QED) is 0.664. The SMILES string of the molecule is Cc1c(-c2ccccc2)cc(Br)c2nsnc12. The van der Waals surface area contributed by atoms with Crippen LogP contribution in [0.3, 0.4) is 0 Å². The van der Waals surface area contributed by atoms with Crippen LogP contribution >= 0.6 is 27.7 Å². The number of aryl methyl sites for hydroxylation is 1. The molecule has 0 radical (unpaired) electrons. The first kappa shape index (κ1) is 10.9. The maximum Gasteiger partial charge on any atom is 0.119 e. The number of benzene rings is 2. The molecule has 0 saturated carbocycles. The molecule has 4 heteroatoms. The molecule has 3 aromatic rings. The minimum atomic E-state index is 0.951. The highest BCUT2D eigenvalue weighted by atomic mass is 79.9. The molecule has 0 N–H and O–H groups in total. The molecule has 0 spiro atoms. The Balaban J connectivity index is 2.34. The van der Waals surface area contributed by atoms with Gasteiger partial charge in [0.05, 0.1) is 11.7 Å². The molecule has 0 aliphatic rings. The zero-order valence-corrected chi connectivity index (χ0v) is 11.5. The third-order valence-corrected chi connectivity index (χ3v) is 3.96. The number of rotatable bonds is 1. The van der Waals surface area contributed by atoms with Crippen LogP contribution in [0.15, 0.2) is 40.9 Å². The first-order chi connectivity index (χ1) is 8.27. The summed E-state index contributed by atoms with van der Waals surface area (Å²) in [6.45, 7) is 2.10. The molecule has 0 fully saturated rings. The van der Waals surface area contributed by atoms with Crippen molar-refractivity contribution in [3.63, 3.8) is 0 Å². The van der Waals surface area contributed by atoms with Crippen molar-refractivity contribution in [2.24, 2.45) is 0 Å². The summed E-state index contributed by atoms with van der Waals surface area (Å²) in [6.07, 6.45) is 0. The Hall–Kier alpha value is -1.26. The molecule has 0 unspecified atom stereocenters. The van der Waals surface area contributed by atoms with E-state index in [2.05, 4.69) is 49.8 Å². The van der Waals surface area contributed by atoms with E-state index in [0.717, 1.165) is 15.5 Å². The molecule has 17 heavy (non-hydrogen) atoms. The van der Waals surface area contributed by atoms with Crippen LogP contribution < -0.4 is 0 Å². The number of nitrogens with zero attached hydrogens (tertiary/aromatic N) is 2. The van der Waals surface area contributed by atoms with Gasteiger partial charge in [-0.15, -0.1) is 0 Å². The summed E-state index contributed by atoms with van der Waals surface area (Å²) in [5.74, 6) is 0. The van der Waals surface area contributed by atoms with Crippen LogP contribution in [0.5, 0.6) is 0 Å². The van der Waals surface area contributed by atoms with Crippen molar-refractivity contribution in [1.82, 2.24) is 8.75 Å². The highest BCUT2D eigenvalue weighted by Crippen LogP contribution is 2.33. The highest BCUT2D eigenvalue weighted by Gasteiger charge is 2.12. The van der Waals surface area contributed by atoms with Crippen LogP contribution in [0, 0.1) is 6.92 Å². The Labute approximate surface area is 112 Å². The maximum absolute atomic E-state index is 4.37. The Morgan fingerprint density at radius 2 is 1.76 bits per heavy atom. The fraction of sp³-hybridized carbons (Fsp3) is 0.0769. The molecule has 1 heterocycles. The minimum absolute atomic E-state index is 0.951. The summed E-state index contributed by atoms with van der Waals surface area (Å²) in [5.41, 5.74) is 5.54. The number of aromatic nitrogens is 2. The molecule has 2 nitrogen and oxygen atoms in total. The van der Waals surface area contributed by atoms with Gasteiger partial charge in [-0.25, -0.2) is 0 Å². The summed E-state index contributed by atoms with van der Waals surface area (Å²) >= 11 is 4.82. The first-order valence-corrected chi connectivity index (χ1v) is 6.76. The van der Waals surface area contributed by atoms with Crippen LogP contribution in [-0.2, 0) is 0 Å². The van der Waals surface area contributed by atoms with E-state index in [4.69, 9.17) is 0 Å². The van der Waals surface area contributed by atoms with Crippen LogP contribution in [0.1, 0.15) is 5.56 Å². The third kappa shape index (κ3) is 1.77. The largest absolute Gasteiger partial charge is 0.173 e. The lowest BCUT2D eigenvalue weighted by Crippen LogP contribution is -1.86. The lowest BCUT2D eigenvalue weighted by atomic mass is 9.99. The van der Waals surface area contributed by atoms with Crippen molar-refractivity contribution >= 4 is 38.7 Å². The van der Waals surface area contributed by atoms with Gasteiger partial charge in [-0.1, -0.05) is 30.3 Å². The molecule has 0 saturated heterocycles. The topological polar surface area (TPSA) is 25.8 Å². The van der Waals surface area contributed by atoms with E-state index in [9.17, 15) is 0 Å². The summed E-state index contributed by atoms with van der Waals surface area (Å²) in [4.78, 5) is 0. The van der Waals surface area contributed by atoms with E-state index >= 15 is 0 Å². The number of hydrogen-bond donors (Lipinski definition) is 0. The molecule has 84 valence electrons. The van der Waals surface area contributed by atoms with Crippen molar-refractivity contribution in [3.8, 4) is 11.1 Å². The normalized spacial score (nSPS) is 10.9. The second-order valence-electron chi connectivity index (χ2n) is 3.86. The highest BCUT2D eigenvalue weighted by molar-refractivity contribution is 9.10. The summed E-state index contributed by atoms with van der Waals surface area (Å²) < 4.78 is 9.67. The molecule has 3 rings (SSSR count). The van der Waals surface area contributed by atoms with Crippen molar-refractivity contribution in [2.45, 2.75) is 6.92 Å². The van der Waals surface area contributed by atoms with Gasteiger partial charge in [0.25, 0.3) is 0 Å². The summed E-state index contributed by atoms with van der Waals surface area (Å²) in [5, 5.41) is 0. The molecule has 0 aliphatic heterocycles. The van der Waals surface area contributed by atoms with Crippen molar-refractivity contribution in [2.75, 3.05) is 0 Å². The average molecular weight is 305 g/mol. The van der Waals surface area contributed by atoms with E-state index in [1.54, 1.807) is 0 Å². The molecule has 1 aromatic heterocycles. The van der Waals surface area contributed by atoms with E-state index in [-0.39, 0.29) is 0 Å². The second-order valence-corrected chi connectivity index (χ2v) is 5.24. The molecule has 0 amide bonds. The van der Waals surface area contributed by atoms with Gasteiger partial charge in [0.15, 0.2) is 0 Å². The van der Waals surface area contributed by atoms with Gasteiger partial charge in [-0.3, -0.25) is 0 Å². The molecule has 2 aromatic carbocycles. The monoisotopic (exact) mass is 304 g/mol. The molecule has 0 atom stereocenters. The van der Waals surface area contributed by atoms with E-state index in [1.807, 2.05) is 18.2 Å². The van der Waals surface area contributed by atoms with Gasteiger partial charge in [-0.05, 0) is 45.6 Å². The number of halogens is 1. The molecule has 0 bridgehead atoms. The Morgan fingerprint density at radius 3 is 2.53 bits per heavy atom. The van der Waals surface area contributed by atoms with Gasteiger partial charge in [0.2, 0.25) is 0 Å².